The van der Waals surface area contributed by atoms with Crippen molar-refractivity contribution in [1.29, 1.82) is 0 Å². The van der Waals surface area contributed by atoms with Crippen LogP contribution in [0.5, 0.6) is 0 Å². The summed E-state index contributed by atoms with van der Waals surface area (Å²) in [7, 11) is -4.61. The van der Waals surface area contributed by atoms with Crippen LogP contribution in [0.15, 0.2) is 72.9 Å². The van der Waals surface area contributed by atoms with Crippen LogP contribution in [0.1, 0.15) is 129 Å². The molecule has 1 aliphatic heterocycles. The highest BCUT2D eigenvalue weighted by atomic mass is 32.2. The molecule has 4 N–H and O–H groups in total. The standard InChI is InChI=1S/C43H70O12S/c1-3-5-7-9-11-13-15-17-18-20-22-24-26-28-30-32-39(45)54-36(34-53-43-42(48)41(47)40(46)37(55-43)35-56(49,50)51)33-52-38(44)31-29-27-25-23-21-19-16-14-12-10-8-6-4-2/h5-8,11-14,17-19,21,36-37,40-43,46-48H,3-4,9-10,15-16,20,22-35H2,1-2H3,(H,49,50,51)/b7-5-,8-6-,13-11-,14-12-,18-17-,21-19-. The molecule has 6 atom stereocenters. The average molecular weight is 811 g/mol. The number of rotatable bonds is 32. The second-order valence-corrected chi connectivity index (χ2v) is 15.4. The molecule has 13 heteroatoms. The van der Waals surface area contributed by atoms with Crippen molar-refractivity contribution in [1.82, 2.24) is 0 Å². The van der Waals surface area contributed by atoms with Crippen LogP contribution in [0.3, 0.4) is 0 Å². The summed E-state index contributed by atoms with van der Waals surface area (Å²) in [4.78, 5) is 25.3. The zero-order valence-electron chi connectivity index (χ0n) is 33.7. The molecule has 0 aromatic carbocycles. The molecule has 12 nitrogen and oxygen atoms in total. The third-order valence-corrected chi connectivity index (χ3v) is 9.53. The van der Waals surface area contributed by atoms with Gasteiger partial charge in [-0.25, -0.2) is 0 Å². The Morgan fingerprint density at radius 2 is 1.07 bits per heavy atom. The Labute approximate surface area is 336 Å². The highest BCUT2D eigenvalue weighted by Gasteiger charge is 2.46. The number of carbonyl (C=O) groups excluding carboxylic acids is 2. The molecule has 1 rings (SSSR count). The fraction of sp³-hybridized carbons (Fsp3) is 0.674. The van der Waals surface area contributed by atoms with Gasteiger partial charge in [0.05, 0.1) is 6.61 Å². The normalized spacial score (nSPS) is 21.4. The van der Waals surface area contributed by atoms with E-state index in [9.17, 15) is 37.9 Å². The minimum atomic E-state index is -4.61. The Bertz CT molecular complexity index is 1320. The summed E-state index contributed by atoms with van der Waals surface area (Å²) in [5, 5.41) is 30.8. The molecule has 0 aromatic heterocycles. The highest BCUT2D eigenvalue weighted by Crippen LogP contribution is 2.24. The molecule has 1 aliphatic rings. The molecular formula is C43H70O12S. The van der Waals surface area contributed by atoms with Crippen molar-refractivity contribution in [3.8, 4) is 0 Å². The van der Waals surface area contributed by atoms with Crippen LogP contribution in [-0.2, 0) is 38.7 Å². The van der Waals surface area contributed by atoms with E-state index < -0.39 is 71.2 Å². The van der Waals surface area contributed by atoms with Crippen LogP contribution in [0.4, 0.5) is 0 Å². The molecule has 1 saturated heterocycles. The Balaban J connectivity index is 2.54. The van der Waals surface area contributed by atoms with Crippen molar-refractivity contribution >= 4 is 22.1 Å². The van der Waals surface area contributed by atoms with Crippen LogP contribution in [0, 0.1) is 0 Å². The average Bonchev–Trinajstić information content (AvgIpc) is 3.16. The number of ether oxygens (including phenoxy) is 4. The van der Waals surface area contributed by atoms with E-state index in [-0.39, 0.29) is 19.4 Å². The lowest BCUT2D eigenvalue weighted by Crippen LogP contribution is -2.60. The number of aliphatic hydroxyl groups excluding tert-OH is 3. The Kier molecular flexibility index (Phi) is 30.2. The lowest BCUT2D eigenvalue weighted by molar-refractivity contribution is -0.297. The SMILES string of the molecule is CC/C=C\C/C=C\C/C=C\CCCCCCCC(=O)OC(COC(=O)CCCCC/C=C\C/C=C\C/C=C\CC)COC1OC(CS(=O)(=O)O)C(O)C(O)C1O. The van der Waals surface area contributed by atoms with Gasteiger partial charge in [0.15, 0.2) is 12.4 Å². The lowest BCUT2D eigenvalue weighted by atomic mass is 10.00. The van der Waals surface area contributed by atoms with Gasteiger partial charge in [0, 0.05) is 12.8 Å². The molecule has 1 heterocycles. The summed E-state index contributed by atoms with van der Waals surface area (Å²) in [6.45, 7) is 3.46. The largest absolute Gasteiger partial charge is 0.462 e. The predicted molar refractivity (Wildman–Crippen MR) is 219 cm³/mol. The number of hydrogen-bond acceptors (Lipinski definition) is 11. The molecule has 6 unspecified atom stereocenters. The molecule has 320 valence electrons. The van der Waals surface area contributed by atoms with Crippen LogP contribution in [0.25, 0.3) is 0 Å². The van der Waals surface area contributed by atoms with E-state index in [4.69, 9.17) is 18.9 Å². The Morgan fingerprint density at radius 1 is 0.607 bits per heavy atom. The molecule has 0 amide bonds. The summed E-state index contributed by atoms with van der Waals surface area (Å²) in [5.74, 6) is -2.06. The van der Waals surface area contributed by atoms with Gasteiger partial charge in [0.2, 0.25) is 0 Å². The van der Waals surface area contributed by atoms with Gasteiger partial charge >= 0.3 is 11.9 Å². The molecule has 0 saturated carbocycles. The minimum Gasteiger partial charge on any atom is -0.462 e. The van der Waals surface area contributed by atoms with Gasteiger partial charge in [0.25, 0.3) is 10.1 Å². The maximum atomic E-state index is 12.8. The van der Waals surface area contributed by atoms with Crippen molar-refractivity contribution in [3.63, 3.8) is 0 Å². The van der Waals surface area contributed by atoms with E-state index in [0.29, 0.717) is 12.8 Å². The second kappa shape index (κ2) is 33.1. The molecule has 0 radical (unpaired) electrons. The number of allylic oxidation sites excluding steroid dienone is 12. The topological polar surface area (TPSA) is 186 Å². The first kappa shape index (κ1) is 51.1. The van der Waals surface area contributed by atoms with E-state index in [0.717, 1.165) is 89.9 Å². The maximum Gasteiger partial charge on any atom is 0.306 e. The van der Waals surface area contributed by atoms with E-state index in [1.165, 1.54) is 0 Å². The van der Waals surface area contributed by atoms with Crippen molar-refractivity contribution < 1.29 is 56.8 Å². The van der Waals surface area contributed by atoms with Crippen molar-refractivity contribution in [2.24, 2.45) is 0 Å². The number of esters is 2. The monoisotopic (exact) mass is 810 g/mol. The highest BCUT2D eigenvalue weighted by molar-refractivity contribution is 7.85. The van der Waals surface area contributed by atoms with E-state index in [1.807, 2.05) is 0 Å². The zero-order chi connectivity index (χ0) is 41.3. The van der Waals surface area contributed by atoms with E-state index in [2.05, 4.69) is 86.8 Å². The minimum absolute atomic E-state index is 0.134. The molecular weight excluding hydrogens is 741 g/mol. The van der Waals surface area contributed by atoms with Crippen molar-refractivity contribution in [3.05, 3.63) is 72.9 Å². The van der Waals surface area contributed by atoms with Gasteiger partial charge in [-0.1, -0.05) is 112 Å². The fourth-order valence-corrected chi connectivity index (χ4v) is 6.33. The molecule has 0 aliphatic carbocycles. The maximum absolute atomic E-state index is 12.8. The molecule has 1 fully saturated rings. The van der Waals surface area contributed by atoms with Crippen molar-refractivity contribution in [2.45, 2.75) is 166 Å². The van der Waals surface area contributed by atoms with Crippen LogP contribution in [0.2, 0.25) is 0 Å². The van der Waals surface area contributed by atoms with Gasteiger partial charge in [-0.2, -0.15) is 8.42 Å². The zero-order valence-corrected chi connectivity index (χ0v) is 34.5. The number of carbonyl (C=O) groups is 2. The molecule has 56 heavy (non-hydrogen) atoms. The van der Waals surface area contributed by atoms with Crippen molar-refractivity contribution in [2.75, 3.05) is 19.0 Å². The molecule has 0 aromatic rings. The Hall–Kier alpha value is -2.91. The predicted octanol–water partition coefficient (Wildman–Crippen LogP) is 7.55. The first-order valence-electron chi connectivity index (χ1n) is 20.5. The summed E-state index contributed by atoms with van der Waals surface area (Å²) >= 11 is 0. The fourth-order valence-electron chi connectivity index (χ4n) is 5.64. The first-order chi connectivity index (χ1) is 27.0. The van der Waals surface area contributed by atoms with Crippen LogP contribution in [-0.4, -0.2) is 96.0 Å². The first-order valence-corrected chi connectivity index (χ1v) is 22.1. The van der Waals surface area contributed by atoms with E-state index in [1.54, 1.807) is 0 Å². The smallest absolute Gasteiger partial charge is 0.306 e. The number of aliphatic hydroxyl groups is 3. The number of hydrogen-bond donors (Lipinski definition) is 4. The van der Waals surface area contributed by atoms with Crippen LogP contribution < -0.4 is 0 Å². The van der Waals surface area contributed by atoms with Crippen LogP contribution >= 0.6 is 0 Å². The number of unbranched alkanes of at least 4 members (excludes halogenated alkanes) is 8. The lowest BCUT2D eigenvalue weighted by Gasteiger charge is -2.40. The second-order valence-electron chi connectivity index (χ2n) is 13.9. The van der Waals surface area contributed by atoms with Gasteiger partial charge in [-0.3, -0.25) is 14.1 Å². The van der Waals surface area contributed by atoms with Gasteiger partial charge < -0.3 is 34.3 Å². The Morgan fingerprint density at radius 3 is 1.61 bits per heavy atom. The summed E-state index contributed by atoms with van der Waals surface area (Å²) in [5.41, 5.74) is 0. The third-order valence-electron chi connectivity index (χ3n) is 8.78. The summed E-state index contributed by atoms with van der Waals surface area (Å²) < 4.78 is 53.9. The summed E-state index contributed by atoms with van der Waals surface area (Å²) in [6, 6.07) is 0. The quantitative estimate of drug-likeness (QED) is 0.0227. The van der Waals surface area contributed by atoms with Gasteiger partial charge in [-0.15, -0.1) is 0 Å². The van der Waals surface area contributed by atoms with E-state index >= 15 is 0 Å². The van der Waals surface area contributed by atoms with Gasteiger partial charge in [0.1, 0.15) is 36.8 Å². The van der Waals surface area contributed by atoms with Gasteiger partial charge in [-0.05, 0) is 77.0 Å². The summed E-state index contributed by atoms with van der Waals surface area (Å²) in [6.07, 6.45) is 31.0. The molecule has 0 spiro atoms. The third kappa shape index (κ3) is 27.6. The molecule has 0 bridgehead atoms.